The first-order valence-corrected chi connectivity index (χ1v) is 6.62. The van der Waals surface area contributed by atoms with Crippen LogP contribution >= 0.6 is 0 Å². The molecule has 0 radical (unpaired) electrons. The lowest BCUT2D eigenvalue weighted by atomic mass is 9.95. The number of rotatable bonds is 5. The van der Waals surface area contributed by atoms with Gasteiger partial charge in [-0.2, -0.15) is 0 Å². The van der Waals surface area contributed by atoms with E-state index in [1.807, 2.05) is 13.0 Å². The van der Waals surface area contributed by atoms with Crippen molar-refractivity contribution < 1.29 is 14.3 Å². The normalized spacial score (nSPS) is 18.4. The molecule has 0 saturated carbocycles. The highest BCUT2D eigenvalue weighted by molar-refractivity contribution is 5.98. The van der Waals surface area contributed by atoms with Crippen molar-refractivity contribution in [1.82, 2.24) is 5.32 Å². The minimum Gasteiger partial charge on any atom is -0.493 e. The first kappa shape index (κ1) is 13.9. The number of hydrogen-bond donors (Lipinski definition) is 1. The van der Waals surface area contributed by atoms with Gasteiger partial charge in [0.15, 0.2) is 17.3 Å². The van der Waals surface area contributed by atoms with E-state index < -0.39 is 0 Å². The first-order valence-electron chi connectivity index (χ1n) is 6.62. The molecule has 1 N–H and O–H groups in total. The van der Waals surface area contributed by atoms with Crippen LogP contribution in [0.5, 0.6) is 11.5 Å². The van der Waals surface area contributed by atoms with Gasteiger partial charge in [0.05, 0.1) is 14.2 Å². The lowest BCUT2D eigenvalue weighted by molar-refractivity contribution is 0.0963. The highest BCUT2D eigenvalue weighted by Crippen LogP contribution is 2.31. The van der Waals surface area contributed by atoms with Crippen molar-refractivity contribution in [3.8, 4) is 11.5 Å². The number of ether oxygens (including phenoxy) is 2. The Morgan fingerprint density at radius 1 is 1.32 bits per heavy atom. The van der Waals surface area contributed by atoms with Crippen LogP contribution in [0, 0.1) is 12.8 Å². The van der Waals surface area contributed by atoms with Crippen LogP contribution in [0.4, 0.5) is 0 Å². The third-order valence-corrected chi connectivity index (χ3v) is 3.67. The molecule has 4 nitrogen and oxygen atoms in total. The van der Waals surface area contributed by atoms with Crippen LogP contribution in [0.1, 0.15) is 28.8 Å². The fraction of sp³-hybridized carbons (Fsp3) is 0.533. The van der Waals surface area contributed by atoms with E-state index in [0.717, 1.165) is 30.6 Å². The molecule has 0 aromatic heterocycles. The molecule has 1 heterocycles. The summed E-state index contributed by atoms with van der Waals surface area (Å²) in [6.07, 6.45) is 1.68. The Bertz CT molecular complexity index is 465. The molecule has 1 aliphatic heterocycles. The van der Waals surface area contributed by atoms with E-state index in [0.29, 0.717) is 23.8 Å². The maximum atomic E-state index is 12.4. The standard InChI is InChI=1S/C15H21NO3/c1-10-6-14(18-2)15(19-3)8-12(10)13(17)7-11-4-5-16-9-11/h6,8,11,16H,4-5,7,9H2,1-3H3. The lowest BCUT2D eigenvalue weighted by Crippen LogP contribution is -2.13. The van der Waals surface area contributed by atoms with Crippen LogP contribution in [0.3, 0.4) is 0 Å². The zero-order chi connectivity index (χ0) is 13.8. The molecular formula is C15H21NO3. The average molecular weight is 263 g/mol. The van der Waals surface area contributed by atoms with Crippen molar-refractivity contribution in [3.63, 3.8) is 0 Å². The minimum atomic E-state index is 0.187. The second kappa shape index (κ2) is 6.06. The molecular weight excluding hydrogens is 242 g/mol. The average Bonchev–Trinajstić information content (AvgIpc) is 2.90. The summed E-state index contributed by atoms with van der Waals surface area (Å²) in [4.78, 5) is 12.4. The van der Waals surface area contributed by atoms with Crippen LogP contribution in [0.2, 0.25) is 0 Å². The number of carbonyl (C=O) groups excluding carboxylic acids is 1. The molecule has 1 aliphatic rings. The van der Waals surface area contributed by atoms with E-state index in [2.05, 4.69) is 5.32 Å². The summed E-state index contributed by atoms with van der Waals surface area (Å²) in [6, 6.07) is 3.65. The van der Waals surface area contributed by atoms with Crippen LogP contribution in [-0.2, 0) is 0 Å². The predicted molar refractivity (Wildman–Crippen MR) is 74.2 cm³/mol. The van der Waals surface area contributed by atoms with Crippen molar-refractivity contribution in [2.24, 2.45) is 5.92 Å². The van der Waals surface area contributed by atoms with Crippen LogP contribution < -0.4 is 14.8 Å². The second-order valence-corrected chi connectivity index (χ2v) is 5.01. The summed E-state index contributed by atoms with van der Waals surface area (Å²) in [5, 5.41) is 3.29. The largest absolute Gasteiger partial charge is 0.493 e. The third kappa shape index (κ3) is 3.07. The summed E-state index contributed by atoms with van der Waals surface area (Å²) in [7, 11) is 3.19. The van der Waals surface area contributed by atoms with Crippen LogP contribution in [0.25, 0.3) is 0 Å². The van der Waals surface area contributed by atoms with E-state index in [9.17, 15) is 4.79 Å². The SMILES string of the molecule is COc1cc(C)c(C(=O)CC2CCNC2)cc1OC. The molecule has 19 heavy (non-hydrogen) atoms. The minimum absolute atomic E-state index is 0.187. The van der Waals surface area contributed by atoms with Gasteiger partial charge in [0.25, 0.3) is 0 Å². The number of carbonyl (C=O) groups is 1. The van der Waals surface area contributed by atoms with Gasteiger partial charge in [-0.3, -0.25) is 4.79 Å². The van der Waals surface area contributed by atoms with Gasteiger partial charge >= 0.3 is 0 Å². The highest BCUT2D eigenvalue weighted by Gasteiger charge is 2.21. The zero-order valence-corrected chi connectivity index (χ0v) is 11.8. The monoisotopic (exact) mass is 263 g/mol. The summed E-state index contributed by atoms with van der Waals surface area (Å²) in [5.74, 6) is 1.92. The predicted octanol–water partition coefficient (Wildman–Crippen LogP) is 2.19. The smallest absolute Gasteiger partial charge is 0.163 e. The number of Topliss-reactive ketones (excluding diaryl/α,β-unsaturated/α-hetero) is 1. The Balaban J connectivity index is 2.20. The van der Waals surface area contributed by atoms with Crippen molar-refractivity contribution >= 4 is 5.78 Å². The van der Waals surface area contributed by atoms with E-state index in [1.54, 1.807) is 20.3 Å². The molecule has 1 saturated heterocycles. The summed E-state index contributed by atoms with van der Waals surface area (Å²) in [6.45, 7) is 3.89. The summed E-state index contributed by atoms with van der Waals surface area (Å²) < 4.78 is 10.5. The van der Waals surface area contributed by atoms with Gasteiger partial charge in [-0.1, -0.05) is 0 Å². The van der Waals surface area contributed by atoms with E-state index in [1.165, 1.54) is 0 Å². The molecule has 0 spiro atoms. The maximum absolute atomic E-state index is 12.4. The molecule has 1 atom stereocenters. The molecule has 0 amide bonds. The number of aryl methyl sites for hydroxylation is 1. The Morgan fingerprint density at radius 3 is 2.58 bits per heavy atom. The van der Waals surface area contributed by atoms with Gasteiger partial charge < -0.3 is 14.8 Å². The molecule has 0 bridgehead atoms. The van der Waals surface area contributed by atoms with Gasteiger partial charge in [0, 0.05) is 12.0 Å². The molecule has 1 aromatic carbocycles. The third-order valence-electron chi connectivity index (χ3n) is 3.67. The second-order valence-electron chi connectivity index (χ2n) is 5.01. The zero-order valence-electron chi connectivity index (χ0n) is 11.8. The van der Waals surface area contributed by atoms with Crippen molar-refractivity contribution in [2.75, 3.05) is 27.3 Å². The first-order chi connectivity index (χ1) is 9.15. The van der Waals surface area contributed by atoms with Crippen molar-refractivity contribution in [1.29, 1.82) is 0 Å². The van der Waals surface area contributed by atoms with Gasteiger partial charge in [-0.05, 0) is 50.0 Å². The lowest BCUT2D eigenvalue weighted by Gasteiger charge is -2.13. The highest BCUT2D eigenvalue weighted by atomic mass is 16.5. The van der Waals surface area contributed by atoms with E-state index >= 15 is 0 Å². The Labute approximate surface area is 114 Å². The quantitative estimate of drug-likeness (QED) is 0.827. The van der Waals surface area contributed by atoms with Crippen LogP contribution in [0.15, 0.2) is 12.1 Å². The molecule has 4 heteroatoms. The van der Waals surface area contributed by atoms with Gasteiger partial charge in [0.1, 0.15) is 0 Å². The van der Waals surface area contributed by atoms with E-state index in [4.69, 9.17) is 9.47 Å². The molecule has 0 aliphatic carbocycles. The fourth-order valence-corrected chi connectivity index (χ4v) is 2.54. The molecule has 1 fully saturated rings. The topological polar surface area (TPSA) is 47.6 Å². The molecule has 1 aromatic rings. The Hall–Kier alpha value is -1.55. The number of ketones is 1. The molecule has 2 rings (SSSR count). The molecule has 1 unspecified atom stereocenters. The van der Waals surface area contributed by atoms with E-state index in [-0.39, 0.29) is 5.78 Å². The van der Waals surface area contributed by atoms with Gasteiger partial charge in [-0.25, -0.2) is 0 Å². The molecule has 104 valence electrons. The number of hydrogen-bond acceptors (Lipinski definition) is 4. The van der Waals surface area contributed by atoms with Gasteiger partial charge in [-0.15, -0.1) is 0 Å². The van der Waals surface area contributed by atoms with Crippen molar-refractivity contribution in [2.45, 2.75) is 19.8 Å². The number of nitrogens with one attached hydrogen (secondary N) is 1. The van der Waals surface area contributed by atoms with Gasteiger partial charge in [0.2, 0.25) is 0 Å². The van der Waals surface area contributed by atoms with Crippen molar-refractivity contribution in [3.05, 3.63) is 23.3 Å². The Kier molecular flexibility index (Phi) is 4.43. The number of benzene rings is 1. The Morgan fingerprint density at radius 2 is 2.00 bits per heavy atom. The number of methoxy groups -OCH3 is 2. The summed E-state index contributed by atoms with van der Waals surface area (Å²) in [5.41, 5.74) is 1.68. The fourth-order valence-electron chi connectivity index (χ4n) is 2.54. The van der Waals surface area contributed by atoms with Crippen LogP contribution in [-0.4, -0.2) is 33.1 Å². The maximum Gasteiger partial charge on any atom is 0.163 e. The summed E-state index contributed by atoms with van der Waals surface area (Å²) >= 11 is 0.